The van der Waals surface area contributed by atoms with Crippen molar-refractivity contribution in [3.05, 3.63) is 77.3 Å². The third-order valence-corrected chi connectivity index (χ3v) is 5.96. The number of benzene rings is 2. The molecule has 0 bridgehead atoms. The van der Waals surface area contributed by atoms with Crippen molar-refractivity contribution in [2.45, 2.75) is 33.1 Å². The third-order valence-electron chi connectivity index (χ3n) is 5.96. The Hall–Kier alpha value is -4.07. The lowest BCUT2D eigenvalue weighted by Gasteiger charge is -2.06. The Labute approximate surface area is 197 Å². The Balaban J connectivity index is 1.31. The van der Waals surface area contributed by atoms with Crippen LogP contribution in [0.3, 0.4) is 0 Å². The van der Waals surface area contributed by atoms with E-state index in [1.165, 1.54) is 0 Å². The minimum atomic E-state index is -0.00384. The number of hydrogen-bond donors (Lipinski definition) is 1. The number of amides is 1. The van der Waals surface area contributed by atoms with Crippen LogP contribution in [-0.2, 0) is 17.6 Å². The van der Waals surface area contributed by atoms with Crippen LogP contribution >= 0.6 is 0 Å². The standard InChI is InChI=1S/C26H26N4O4/c1-17-22(18(2)34-29-17)12-13-27-25(31)11-9-20-15-30(21-6-4-3-5-7-21)28-26(20)19-8-10-23-24(14-19)33-16-32-23/h3-8,10,14-15H,9,11-13,16H2,1-2H3,(H,27,31). The van der Waals surface area contributed by atoms with Crippen LogP contribution < -0.4 is 14.8 Å². The van der Waals surface area contributed by atoms with Gasteiger partial charge < -0.3 is 19.3 Å². The number of carbonyl (C=O) groups is 1. The lowest BCUT2D eigenvalue weighted by Crippen LogP contribution is -2.26. The Bertz CT molecular complexity index is 1290. The predicted octanol–water partition coefficient (Wildman–Crippen LogP) is 4.16. The van der Waals surface area contributed by atoms with Crippen LogP contribution in [0.1, 0.15) is 29.0 Å². The Morgan fingerprint density at radius 3 is 2.68 bits per heavy atom. The minimum Gasteiger partial charge on any atom is -0.454 e. The number of carbonyl (C=O) groups excluding carboxylic acids is 1. The van der Waals surface area contributed by atoms with Crippen molar-refractivity contribution in [3.8, 4) is 28.4 Å². The zero-order chi connectivity index (χ0) is 23.5. The maximum absolute atomic E-state index is 12.6. The van der Waals surface area contributed by atoms with Crippen molar-refractivity contribution < 1.29 is 18.8 Å². The zero-order valence-electron chi connectivity index (χ0n) is 19.2. The van der Waals surface area contributed by atoms with Gasteiger partial charge in [-0.2, -0.15) is 5.10 Å². The molecule has 0 unspecified atom stereocenters. The number of aromatic nitrogens is 3. The molecule has 0 fully saturated rings. The second-order valence-electron chi connectivity index (χ2n) is 8.25. The summed E-state index contributed by atoms with van der Waals surface area (Å²) in [5, 5.41) is 11.8. The molecule has 2 aromatic heterocycles. The van der Waals surface area contributed by atoms with E-state index < -0.39 is 0 Å². The van der Waals surface area contributed by atoms with Gasteiger partial charge in [0, 0.05) is 30.3 Å². The molecule has 1 amide bonds. The minimum absolute atomic E-state index is 0.00384. The molecule has 0 spiro atoms. The summed E-state index contributed by atoms with van der Waals surface area (Å²) >= 11 is 0. The van der Waals surface area contributed by atoms with Gasteiger partial charge in [0.25, 0.3) is 0 Å². The highest BCUT2D eigenvalue weighted by atomic mass is 16.7. The van der Waals surface area contributed by atoms with E-state index in [-0.39, 0.29) is 12.7 Å². The summed E-state index contributed by atoms with van der Waals surface area (Å²) < 4.78 is 18.0. The van der Waals surface area contributed by atoms with Crippen LogP contribution in [0.4, 0.5) is 0 Å². The van der Waals surface area contributed by atoms with Gasteiger partial charge in [0.05, 0.1) is 17.1 Å². The van der Waals surface area contributed by atoms with E-state index in [0.717, 1.165) is 45.3 Å². The monoisotopic (exact) mass is 458 g/mol. The van der Waals surface area contributed by atoms with Crippen LogP contribution in [-0.4, -0.2) is 34.2 Å². The molecule has 4 aromatic rings. The average Bonchev–Trinajstić information content (AvgIpc) is 3.57. The molecule has 1 aliphatic heterocycles. The van der Waals surface area contributed by atoms with Gasteiger partial charge in [0.2, 0.25) is 12.7 Å². The van der Waals surface area contributed by atoms with Gasteiger partial charge in [-0.05, 0) is 62.6 Å². The van der Waals surface area contributed by atoms with Crippen LogP contribution in [0.5, 0.6) is 11.5 Å². The van der Waals surface area contributed by atoms with Crippen molar-refractivity contribution in [2.24, 2.45) is 0 Å². The first kappa shape index (κ1) is 21.8. The second kappa shape index (κ2) is 9.43. The SMILES string of the molecule is Cc1noc(C)c1CCNC(=O)CCc1cn(-c2ccccc2)nc1-c1ccc2c(c1)OCO2. The molecule has 34 heavy (non-hydrogen) atoms. The van der Waals surface area contributed by atoms with Gasteiger partial charge in [-0.1, -0.05) is 23.4 Å². The normalized spacial score (nSPS) is 12.2. The molecule has 3 heterocycles. The van der Waals surface area contributed by atoms with Gasteiger partial charge in [-0.3, -0.25) is 4.79 Å². The molecule has 0 saturated heterocycles. The van der Waals surface area contributed by atoms with Gasteiger partial charge in [0.15, 0.2) is 11.5 Å². The first-order valence-electron chi connectivity index (χ1n) is 11.3. The number of hydrogen-bond acceptors (Lipinski definition) is 6. The summed E-state index contributed by atoms with van der Waals surface area (Å²) in [7, 11) is 0. The van der Waals surface area contributed by atoms with Gasteiger partial charge >= 0.3 is 0 Å². The average molecular weight is 459 g/mol. The van der Waals surface area contributed by atoms with Crippen LogP contribution in [0, 0.1) is 13.8 Å². The highest BCUT2D eigenvalue weighted by Gasteiger charge is 2.19. The number of para-hydroxylation sites is 1. The number of aryl methyl sites for hydroxylation is 3. The van der Waals surface area contributed by atoms with Gasteiger partial charge in [0.1, 0.15) is 5.76 Å². The highest BCUT2D eigenvalue weighted by Crippen LogP contribution is 2.36. The maximum Gasteiger partial charge on any atom is 0.231 e. The fourth-order valence-electron chi connectivity index (χ4n) is 4.11. The van der Waals surface area contributed by atoms with Crippen molar-refractivity contribution >= 4 is 5.91 Å². The van der Waals surface area contributed by atoms with E-state index in [1.807, 2.05) is 73.3 Å². The van der Waals surface area contributed by atoms with E-state index >= 15 is 0 Å². The smallest absolute Gasteiger partial charge is 0.231 e. The van der Waals surface area contributed by atoms with Crippen LogP contribution in [0.25, 0.3) is 16.9 Å². The Kier molecular flexibility index (Phi) is 6.03. The van der Waals surface area contributed by atoms with Gasteiger partial charge in [-0.15, -0.1) is 0 Å². The fourth-order valence-corrected chi connectivity index (χ4v) is 4.11. The molecule has 5 rings (SSSR count). The summed E-state index contributed by atoms with van der Waals surface area (Å²) in [6.45, 7) is 4.56. The number of rotatable bonds is 8. The number of fused-ring (bicyclic) bond motifs is 1. The topological polar surface area (TPSA) is 91.4 Å². The molecular formula is C26H26N4O4. The molecule has 1 aliphatic rings. The maximum atomic E-state index is 12.6. The van der Waals surface area contributed by atoms with E-state index in [1.54, 1.807) is 0 Å². The first-order chi connectivity index (χ1) is 16.6. The van der Waals surface area contributed by atoms with Crippen LogP contribution in [0.15, 0.2) is 59.3 Å². The molecule has 8 heteroatoms. The molecular weight excluding hydrogens is 432 g/mol. The second-order valence-corrected chi connectivity index (χ2v) is 8.25. The lowest BCUT2D eigenvalue weighted by molar-refractivity contribution is -0.121. The Morgan fingerprint density at radius 1 is 1.06 bits per heavy atom. The molecule has 0 radical (unpaired) electrons. The Morgan fingerprint density at radius 2 is 1.88 bits per heavy atom. The lowest BCUT2D eigenvalue weighted by atomic mass is 10.0. The summed E-state index contributed by atoms with van der Waals surface area (Å²) in [6.07, 6.45) is 3.61. The van der Waals surface area contributed by atoms with Gasteiger partial charge in [-0.25, -0.2) is 4.68 Å². The predicted molar refractivity (Wildman–Crippen MR) is 126 cm³/mol. The largest absolute Gasteiger partial charge is 0.454 e. The zero-order valence-corrected chi connectivity index (χ0v) is 19.2. The molecule has 0 atom stereocenters. The highest BCUT2D eigenvalue weighted by molar-refractivity contribution is 5.77. The molecule has 2 aromatic carbocycles. The molecule has 174 valence electrons. The van der Waals surface area contributed by atoms with E-state index in [4.69, 9.17) is 19.1 Å². The van der Waals surface area contributed by atoms with Crippen molar-refractivity contribution in [3.63, 3.8) is 0 Å². The fraction of sp³-hybridized carbons (Fsp3) is 0.269. The van der Waals surface area contributed by atoms with E-state index in [2.05, 4.69) is 10.5 Å². The number of ether oxygens (including phenoxy) is 2. The number of nitrogens with zero attached hydrogens (tertiary/aromatic N) is 3. The summed E-state index contributed by atoms with van der Waals surface area (Å²) in [5.74, 6) is 2.23. The van der Waals surface area contributed by atoms with E-state index in [0.29, 0.717) is 31.6 Å². The van der Waals surface area contributed by atoms with Crippen LogP contribution in [0.2, 0.25) is 0 Å². The summed E-state index contributed by atoms with van der Waals surface area (Å²) in [6, 6.07) is 15.7. The first-order valence-corrected chi connectivity index (χ1v) is 11.3. The third kappa shape index (κ3) is 4.52. The number of nitrogens with one attached hydrogen (secondary N) is 1. The summed E-state index contributed by atoms with van der Waals surface area (Å²) in [5.41, 5.74) is 5.62. The summed E-state index contributed by atoms with van der Waals surface area (Å²) in [4.78, 5) is 12.6. The molecule has 8 nitrogen and oxygen atoms in total. The van der Waals surface area contributed by atoms with Crippen molar-refractivity contribution in [1.29, 1.82) is 0 Å². The molecule has 1 N–H and O–H groups in total. The quantitative estimate of drug-likeness (QED) is 0.426. The van der Waals surface area contributed by atoms with Crippen molar-refractivity contribution in [1.82, 2.24) is 20.3 Å². The van der Waals surface area contributed by atoms with Crippen molar-refractivity contribution in [2.75, 3.05) is 13.3 Å². The van der Waals surface area contributed by atoms with E-state index in [9.17, 15) is 4.79 Å². The molecule has 0 aliphatic carbocycles. The molecule has 0 saturated carbocycles.